The average Bonchev–Trinajstić information content (AvgIpc) is 2.56. The minimum Gasteiger partial charge on any atom is -0.325 e. The summed E-state index contributed by atoms with van der Waals surface area (Å²) in [7, 11) is 0. The lowest BCUT2D eigenvalue weighted by Gasteiger charge is -2.08. The Morgan fingerprint density at radius 1 is 1.12 bits per heavy atom. The maximum atomic E-state index is 12.1. The van der Waals surface area contributed by atoms with Crippen LogP contribution in [0.25, 0.3) is 5.65 Å². The molecule has 0 unspecified atom stereocenters. The number of nitrogens with zero attached hydrogens (tertiary/aromatic N) is 3. The second-order valence-electron chi connectivity index (χ2n) is 5.33. The Morgan fingerprint density at radius 3 is 2.67 bits per heavy atom. The predicted octanol–water partition coefficient (Wildman–Crippen LogP) is 2.44. The zero-order valence-corrected chi connectivity index (χ0v) is 14.1. The van der Waals surface area contributed by atoms with Crippen molar-refractivity contribution in [1.82, 2.24) is 14.4 Å². The van der Waals surface area contributed by atoms with Gasteiger partial charge in [-0.2, -0.15) is 4.98 Å². The van der Waals surface area contributed by atoms with Crippen molar-refractivity contribution in [1.29, 1.82) is 0 Å². The first-order valence-electron chi connectivity index (χ1n) is 7.39. The maximum absolute atomic E-state index is 12.1. The molecule has 7 heteroatoms. The third-order valence-corrected chi connectivity index (χ3v) is 4.36. The number of carbonyl (C=O) groups excluding carboxylic acids is 1. The lowest BCUT2D eigenvalue weighted by atomic mass is 10.2. The zero-order valence-electron chi connectivity index (χ0n) is 13.3. The summed E-state index contributed by atoms with van der Waals surface area (Å²) >= 11 is 1.14. The van der Waals surface area contributed by atoms with Gasteiger partial charge >= 0.3 is 5.69 Å². The highest BCUT2D eigenvalue weighted by molar-refractivity contribution is 7.99. The van der Waals surface area contributed by atoms with Gasteiger partial charge in [-0.3, -0.25) is 9.20 Å². The van der Waals surface area contributed by atoms with Gasteiger partial charge in [0.1, 0.15) is 5.65 Å². The molecule has 1 N–H and O–H groups in total. The predicted molar refractivity (Wildman–Crippen MR) is 94.5 cm³/mol. The molecule has 24 heavy (non-hydrogen) atoms. The molecule has 2 aromatic heterocycles. The van der Waals surface area contributed by atoms with E-state index in [1.807, 2.05) is 44.2 Å². The molecule has 0 aliphatic heterocycles. The van der Waals surface area contributed by atoms with Gasteiger partial charge in [-0.25, -0.2) is 9.78 Å². The minimum absolute atomic E-state index is 0.135. The Morgan fingerprint density at radius 2 is 1.88 bits per heavy atom. The number of fused-ring (bicyclic) bond motifs is 1. The summed E-state index contributed by atoms with van der Waals surface area (Å²) in [5.41, 5.74) is 2.80. The quantitative estimate of drug-likeness (QED) is 0.738. The van der Waals surface area contributed by atoms with Crippen LogP contribution in [0.15, 0.2) is 52.5 Å². The van der Waals surface area contributed by atoms with E-state index in [0.717, 1.165) is 28.6 Å². The molecule has 0 fully saturated rings. The summed E-state index contributed by atoms with van der Waals surface area (Å²) in [6.07, 6.45) is 1.63. The second kappa shape index (κ2) is 6.84. The van der Waals surface area contributed by atoms with E-state index in [9.17, 15) is 9.59 Å². The monoisotopic (exact) mass is 340 g/mol. The van der Waals surface area contributed by atoms with E-state index in [-0.39, 0.29) is 11.7 Å². The van der Waals surface area contributed by atoms with Gasteiger partial charge in [-0.05, 0) is 37.1 Å². The third-order valence-electron chi connectivity index (χ3n) is 3.51. The summed E-state index contributed by atoms with van der Waals surface area (Å²) in [6, 6.07) is 11.2. The number of pyridine rings is 1. The van der Waals surface area contributed by atoms with Crippen molar-refractivity contribution in [3.05, 3.63) is 64.2 Å². The fraction of sp³-hybridized carbons (Fsp3) is 0.176. The molecule has 2 heterocycles. The summed E-state index contributed by atoms with van der Waals surface area (Å²) < 4.78 is 1.40. The summed E-state index contributed by atoms with van der Waals surface area (Å²) in [4.78, 5) is 32.4. The molecular formula is C17H16N4O2S. The third kappa shape index (κ3) is 3.46. The molecule has 3 rings (SSSR count). The molecule has 0 bridgehead atoms. The number of anilines is 1. The molecule has 0 saturated carbocycles. The molecule has 0 atom stereocenters. The molecule has 0 aliphatic rings. The number of hydrogen-bond acceptors (Lipinski definition) is 5. The van der Waals surface area contributed by atoms with E-state index in [2.05, 4.69) is 15.3 Å². The van der Waals surface area contributed by atoms with Gasteiger partial charge in [0.15, 0.2) is 5.16 Å². The number of benzene rings is 1. The topological polar surface area (TPSA) is 76.4 Å². The standard InChI is InChI=1S/C17H16N4O2S/c1-11-6-3-4-8-13(11)18-14(22)10-24-16-19-15-12(2)7-5-9-21(15)17(23)20-16/h3-9H,10H2,1-2H3,(H,18,22). The molecule has 1 aromatic carbocycles. The van der Waals surface area contributed by atoms with Gasteiger partial charge in [0, 0.05) is 11.9 Å². The van der Waals surface area contributed by atoms with Crippen LogP contribution < -0.4 is 11.0 Å². The molecule has 3 aromatic rings. The lowest BCUT2D eigenvalue weighted by Crippen LogP contribution is -2.20. The number of aromatic nitrogens is 3. The highest BCUT2D eigenvalue weighted by Crippen LogP contribution is 2.16. The van der Waals surface area contributed by atoms with Crippen LogP contribution in [-0.4, -0.2) is 26.0 Å². The largest absolute Gasteiger partial charge is 0.355 e. The van der Waals surface area contributed by atoms with Crippen molar-refractivity contribution in [2.75, 3.05) is 11.1 Å². The number of para-hydroxylation sites is 1. The Balaban J connectivity index is 1.74. The Hall–Kier alpha value is -2.67. The second-order valence-corrected chi connectivity index (χ2v) is 6.27. The number of rotatable bonds is 4. The number of hydrogen-bond donors (Lipinski definition) is 1. The first kappa shape index (κ1) is 16.2. The van der Waals surface area contributed by atoms with Crippen LogP contribution in [0.2, 0.25) is 0 Å². The number of carbonyl (C=O) groups is 1. The van der Waals surface area contributed by atoms with E-state index in [4.69, 9.17) is 0 Å². The van der Waals surface area contributed by atoms with E-state index < -0.39 is 5.69 Å². The fourth-order valence-electron chi connectivity index (χ4n) is 2.25. The Bertz CT molecular complexity index is 968. The number of aryl methyl sites for hydroxylation is 2. The van der Waals surface area contributed by atoms with Crippen LogP contribution in [-0.2, 0) is 4.79 Å². The molecule has 0 spiro atoms. The van der Waals surface area contributed by atoms with Crippen LogP contribution in [0.1, 0.15) is 11.1 Å². The van der Waals surface area contributed by atoms with Crippen LogP contribution in [0, 0.1) is 13.8 Å². The van der Waals surface area contributed by atoms with Crippen LogP contribution in [0.3, 0.4) is 0 Å². The molecule has 6 nitrogen and oxygen atoms in total. The van der Waals surface area contributed by atoms with Crippen LogP contribution >= 0.6 is 11.8 Å². The summed E-state index contributed by atoms with van der Waals surface area (Å²) in [5.74, 6) is -0.0292. The highest BCUT2D eigenvalue weighted by atomic mass is 32.2. The van der Waals surface area contributed by atoms with Gasteiger partial charge in [0.05, 0.1) is 5.75 Å². The summed E-state index contributed by atoms with van der Waals surface area (Å²) in [6.45, 7) is 3.81. The molecule has 122 valence electrons. The Labute approximate surface area is 143 Å². The fourth-order valence-corrected chi connectivity index (χ4v) is 2.88. The number of thioether (sulfide) groups is 1. The molecule has 0 radical (unpaired) electrons. The van der Waals surface area contributed by atoms with Crippen molar-refractivity contribution in [3.63, 3.8) is 0 Å². The van der Waals surface area contributed by atoms with Gasteiger partial charge in [-0.15, -0.1) is 0 Å². The SMILES string of the molecule is Cc1ccccc1NC(=O)CSc1nc(=O)n2cccc(C)c2n1. The van der Waals surface area contributed by atoms with Crippen molar-refractivity contribution in [2.45, 2.75) is 19.0 Å². The maximum Gasteiger partial charge on any atom is 0.355 e. The van der Waals surface area contributed by atoms with E-state index in [1.165, 1.54) is 4.40 Å². The lowest BCUT2D eigenvalue weighted by molar-refractivity contribution is -0.113. The minimum atomic E-state index is -0.398. The molecular weight excluding hydrogens is 324 g/mol. The zero-order chi connectivity index (χ0) is 17.1. The molecule has 1 amide bonds. The first-order valence-corrected chi connectivity index (χ1v) is 8.37. The van der Waals surface area contributed by atoms with E-state index >= 15 is 0 Å². The Kier molecular flexibility index (Phi) is 4.61. The molecule has 0 saturated heterocycles. The van der Waals surface area contributed by atoms with Crippen molar-refractivity contribution >= 4 is 29.0 Å². The van der Waals surface area contributed by atoms with Gasteiger partial charge < -0.3 is 5.32 Å². The van der Waals surface area contributed by atoms with Crippen LogP contribution in [0.5, 0.6) is 0 Å². The first-order chi connectivity index (χ1) is 11.5. The van der Waals surface area contributed by atoms with Crippen molar-refractivity contribution in [2.24, 2.45) is 0 Å². The smallest absolute Gasteiger partial charge is 0.325 e. The number of nitrogens with one attached hydrogen (secondary N) is 1. The highest BCUT2D eigenvalue weighted by Gasteiger charge is 2.10. The number of amides is 1. The summed E-state index contributed by atoms with van der Waals surface area (Å²) in [5, 5.41) is 3.15. The van der Waals surface area contributed by atoms with Crippen LogP contribution in [0.4, 0.5) is 5.69 Å². The van der Waals surface area contributed by atoms with Gasteiger partial charge in [0.25, 0.3) is 0 Å². The van der Waals surface area contributed by atoms with E-state index in [0.29, 0.717) is 10.8 Å². The van der Waals surface area contributed by atoms with E-state index in [1.54, 1.807) is 12.3 Å². The molecule has 0 aliphatic carbocycles. The van der Waals surface area contributed by atoms with Gasteiger partial charge in [0.2, 0.25) is 5.91 Å². The average molecular weight is 340 g/mol. The van der Waals surface area contributed by atoms with Crippen molar-refractivity contribution in [3.8, 4) is 0 Å². The van der Waals surface area contributed by atoms with Gasteiger partial charge in [-0.1, -0.05) is 36.0 Å². The normalized spacial score (nSPS) is 10.8. The van der Waals surface area contributed by atoms with Crippen molar-refractivity contribution < 1.29 is 4.79 Å².